The minimum atomic E-state index is -1.33. The Morgan fingerprint density at radius 2 is 1.91 bits per heavy atom. The molecule has 1 N–H and O–H groups in total. The molecule has 0 bridgehead atoms. The van der Waals surface area contributed by atoms with Crippen molar-refractivity contribution in [1.82, 2.24) is 0 Å². The van der Waals surface area contributed by atoms with Gasteiger partial charge >= 0.3 is 0 Å². The summed E-state index contributed by atoms with van der Waals surface area (Å²) in [5.41, 5.74) is -0.655. The van der Waals surface area contributed by atoms with Crippen LogP contribution in [0.4, 0.5) is 14.5 Å². The number of ketones is 1. The van der Waals surface area contributed by atoms with Gasteiger partial charge in [-0.25, -0.2) is 8.78 Å². The van der Waals surface area contributed by atoms with Crippen LogP contribution in [0.2, 0.25) is 5.02 Å². The van der Waals surface area contributed by atoms with E-state index in [1.165, 1.54) is 24.3 Å². The van der Waals surface area contributed by atoms with Crippen molar-refractivity contribution in [2.45, 2.75) is 19.9 Å². The molecule has 1 aliphatic heterocycles. The van der Waals surface area contributed by atoms with Gasteiger partial charge in [0, 0.05) is 11.6 Å². The highest BCUT2D eigenvalue weighted by atomic mass is 35.5. The van der Waals surface area contributed by atoms with E-state index in [-0.39, 0.29) is 27.7 Å². The zero-order chi connectivity index (χ0) is 23.9. The molecule has 4 rings (SSSR count). The number of carbonyl (C=O) groups excluding carboxylic acids is 2. The smallest absolute Gasteiger partial charge is 0.300 e. The van der Waals surface area contributed by atoms with E-state index in [0.717, 1.165) is 23.1 Å². The summed E-state index contributed by atoms with van der Waals surface area (Å²) >= 11 is 6.11. The van der Waals surface area contributed by atoms with Crippen LogP contribution in [-0.4, -0.2) is 23.4 Å². The van der Waals surface area contributed by atoms with Gasteiger partial charge in [-0.2, -0.15) is 0 Å². The van der Waals surface area contributed by atoms with E-state index in [2.05, 4.69) is 0 Å². The minimum absolute atomic E-state index is 0.0934. The maximum absolute atomic E-state index is 14.6. The van der Waals surface area contributed by atoms with E-state index in [1.54, 1.807) is 19.9 Å². The number of rotatable bonds is 5. The van der Waals surface area contributed by atoms with Gasteiger partial charge in [0.25, 0.3) is 11.7 Å². The van der Waals surface area contributed by atoms with Crippen molar-refractivity contribution >= 4 is 34.7 Å². The monoisotopic (exact) mass is 473 g/mol. The zero-order valence-electron chi connectivity index (χ0n) is 17.6. The van der Waals surface area contributed by atoms with Crippen molar-refractivity contribution in [2.24, 2.45) is 0 Å². The molecule has 0 radical (unpaired) electrons. The number of aliphatic hydroxyl groups excluding tert-OH is 1. The summed E-state index contributed by atoms with van der Waals surface area (Å²) in [5, 5.41) is 11.4. The third-order valence-electron chi connectivity index (χ3n) is 5.15. The van der Waals surface area contributed by atoms with Crippen molar-refractivity contribution in [1.29, 1.82) is 0 Å². The quantitative estimate of drug-likeness (QED) is 0.299. The van der Waals surface area contributed by atoms with Gasteiger partial charge in [-0.3, -0.25) is 14.5 Å². The van der Waals surface area contributed by atoms with Gasteiger partial charge in [0.05, 0.1) is 22.9 Å². The number of nitrogens with zero attached hydrogens (tertiary/aromatic N) is 1. The lowest BCUT2D eigenvalue weighted by molar-refractivity contribution is -0.132. The van der Waals surface area contributed by atoms with Crippen LogP contribution >= 0.6 is 11.6 Å². The average Bonchev–Trinajstić information content (AvgIpc) is 3.32. The second-order valence-electron chi connectivity index (χ2n) is 7.29. The van der Waals surface area contributed by atoms with Crippen molar-refractivity contribution in [3.63, 3.8) is 0 Å². The number of aryl methyl sites for hydroxylation is 1. The van der Waals surface area contributed by atoms with Crippen LogP contribution < -0.4 is 9.64 Å². The van der Waals surface area contributed by atoms with Crippen molar-refractivity contribution in [3.8, 4) is 5.75 Å². The average molecular weight is 474 g/mol. The number of anilines is 1. The zero-order valence-corrected chi connectivity index (χ0v) is 18.3. The second kappa shape index (κ2) is 8.71. The summed E-state index contributed by atoms with van der Waals surface area (Å²) in [5.74, 6) is -3.67. The van der Waals surface area contributed by atoms with Gasteiger partial charge in [0.1, 0.15) is 40.7 Å². The third kappa shape index (κ3) is 3.98. The highest BCUT2D eigenvalue weighted by Crippen LogP contribution is 2.44. The molecule has 0 spiro atoms. The first kappa shape index (κ1) is 22.5. The van der Waals surface area contributed by atoms with Gasteiger partial charge in [-0.15, -0.1) is 0 Å². The summed E-state index contributed by atoms with van der Waals surface area (Å²) in [4.78, 5) is 26.8. The highest BCUT2D eigenvalue weighted by Gasteiger charge is 2.49. The van der Waals surface area contributed by atoms with E-state index in [4.69, 9.17) is 20.8 Å². The molecule has 2 aromatic carbocycles. The van der Waals surface area contributed by atoms with Crippen LogP contribution in [0.25, 0.3) is 5.76 Å². The van der Waals surface area contributed by atoms with E-state index >= 15 is 0 Å². The molecule has 1 fully saturated rings. The Bertz CT molecular complexity index is 1300. The van der Waals surface area contributed by atoms with Crippen molar-refractivity contribution in [2.75, 3.05) is 11.5 Å². The fourth-order valence-corrected chi connectivity index (χ4v) is 3.87. The number of benzene rings is 2. The second-order valence-corrected chi connectivity index (χ2v) is 7.70. The minimum Gasteiger partial charge on any atom is -0.507 e. The van der Waals surface area contributed by atoms with Crippen molar-refractivity contribution in [3.05, 3.63) is 87.8 Å². The lowest BCUT2D eigenvalue weighted by atomic mass is 9.99. The molecule has 1 unspecified atom stereocenters. The number of hydrogen-bond donors (Lipinski definition) is 1. The Hall–Kier alpha value is -3.65. The van der Waals surface area contributed by atoms with E-state index < -0.39 is 40.8 Å². The summed E-state index contributed by atoms with van der Waals surface area (Å²) in [6.45, 7) is 3.70. The normalized spacial score (nSPS) is 17.6. The molecule has 2 heterocycles. The van der Waals surface area contributed by atoms with Crippen LogP contribution in [0.3, 0.4) is 0 Å². The number of ether oxygens (including phenoxy) is 1. The number of halogens is 3. The first-order chi connectivity index (χ1) is 15.7. The van der Waals surface area contributed by atoms with Gasteiger partial charge in [0.15, 0.2) is 0 Å². The van der Waals surface area contributed by atoms with Gasteiger partial charge in [-0.05, 0) is 56.3 Å². The predicted octanol–water partition coefficient (Wildman–Crippen LogP) is 5.54. The topological polar surface area (TPSA) is 80.0 Å². The SMILES string of the molecule is CCOc1cc(/C(O)=C2/C(=O)C(=O)N(c3cc(F)ccc3F)C2c2ccc(C)o2)ccc1Cl. The third-order valence-corrected chi connectivity index (χ3v) is 5.46. The van der Waals surface area contributed by atoms with E-state index in [1.807, 2.05) is 0 Å². The van der Waals surface area contributed by atoms with Crippen LogP contribution in [0.15, 0.2) is 58.5 Å². The summed E-state index contributed by atoms with van der Waals surface area (Å²) in [6, 6.07) is 8.63. The fourth-order valence-electron chi connectivity index (χ4n) is 3.69. The van der Waals surface area contributed by atoms with Crippen LogP contribution in [0.5, 0.6) is 5.75 Å². The Morgan fingerprint density at radius 1 is 1.15 bits per heavy atom. The number of Topliss-reactive ketones (excluding diaryl/α,β-unsaturated/α-hetero) is 1. The predicted molar refractivity (Wildman–Crippen MR) is 117 cm³/mol. The lowest BCUT2D eigenvalue weighted by Crippen LogP contribution is -2.30. The molecule has 0 saturated carbocycles. The summed E-state index contributed by atoms with van der Waals surface area (Å²) in [6.07, 6.45) is 0. The molecule has 170 valence electrons. The molecule has 1 saturated heterocycles. The molecule has 0 aliphatic carbocycles. The molecule has 33 heavy (non-hydrogen) atoms. The maximum Gasteiger partial charge on any atom is 0.300 e. The summed E-state index contributed by atoms with van der Waals surface area (Å²) < 4.78 is 39.6. The standard InChI is InChI=1S/C24H18ClF2NO5/c1-3-32-19-10-13(5-7-15(19)25)22(29)20-21(18-9-4-12(2)33-18)28(24(31)23(20)30)17-11-14(26)6-8-16(17)27/h4-11,21,29H,3H2,1-2H3/b22-20-. The lowest BCUT2D eigenvalue weighted by Gasteiger charge is -2.24. The number of furan rings is 1. The van der Waals surface area contributed by atoms with Crippen LogP contribution in [-0.2, 0) is 9.59 Å². The molecule has 1 atom stereocenters. The molecule has 6 nitrogen and oxygen atoms in total. The molecule has 1 aliphatic rings. The molecular weight excluding hydrogens is 456 g/mol. The number of amides is 1. The first-order valence-corrected chi connectivity index (χ1v) is 10.4. The Morgan fingerprint density at radius 3 is 2.58 bits per heavy atom. The molecule has 1 aromatic heterocycles. The largest absolute Gasteiger partial charge is 0.507 e. The van der Waals surface area contributed by atoms with Crippen molar-refractivity contribution < 1.29 is 32.6 Å². The van der Waals surface area contributed by atoms with E-state index in [9.17, 15) is 23.5 Å². The molecule has 9 heteroatoms. The van der Waals surface area contributed by atoms with Gasteiger partial charge in [0.2, 0.25) is 0 Å². The first-order valence-electron chi connectivity index (χ1n) is 9.98. The Balaban J connectivity index is 1.95. The molecule has 1 amide bonds. The number of carbonyl (C=O) groups is 2. The van der Waals surface area contributed by atoms with Gasteiger partial charge < -0.3 is 14.3 Å². The highest BCUT2D eigenvalue weighted by molar-refractivity contribution is 6.51. The molecule has 3 aromatic rings. The Kier molecular flexibility index (Phi) is 5.95. The number of hydrogen-bond acceptors (Lipinski definition) is 5. The Labute approximate surface area is 192 Å². The molecular formula is C24H18ClF2NO5. The number of aliphatic hydroxyl groups is 1. The fraction of sp³-hybridized carbons (Fsp3) is 0.167. The maximum atomic E-state index is 14.6. The van der Waals surface area contributed by atoms with Crippen LogP contribution in [0.1, 0.15) is 30.0 Å². The van der Waals surface area contributed by atoms with E-state index in [0.29, 0.717) is 12.4 Å². The van der Waals surface area contributed by atoms with Gasteiger partial charge in [-0.1, -0.05) is 11.6 Å². The summed E-state index contributed by atoms with van der Waals surface area (Å²) in [7, 11) is 0. The van der Waals surface area contributed by atoms with Crippen LogP contribution in [0, 0.1) is 18.6 Å².